The molecule has 0 spiro atoms. The van der Waals surface area contributed by atoms with Crippen molar-refractivity contribution >= 4 is 11.7 Å². The molecule has 0 radical (unpaired) electrons. The number of oxime groups is 1. The molecule has 104 valence electrons. The zero-order valence-corrected chi connectivity index (χ0v) is 11.2. The maximum Gasteiger partial charge on any atom is 0.252 e. The average Bonchev–Trinajstić information content (AvgIpc) is 2.37. The number of rotatable bonds is 4. The molecule has 1 amide bonds. The first-order valence-electron chi connectivity index (χ1n) is 5.95. The van der Waals surface area contributed by atoms with Gasteiger partial charge in [0.15, 0.2) is 5.84 Å². The highest BCUT2D eigenvalue weighted by Crippen LogP contribution is 2.19. The van der Waals surface area contributed by atoms with Crippen LogP contribution in [0.1, 0.15) is 29.8 Å². The van der Waals surface area contributed by atoms with Gasteiger partial charge in [0.05, 0.1) is 6.04 Å². The maximum atomic E-state index is 12.1. The Balaban J connectivity index is 2.98. The lowest BCUT2D eigenvalue weighted by molar-refractivity contribution is 0.0937. The van der Waals surface area contributed by atoms with Crippen molar-refractivity contribution in [2.24, 2.45) is 16.8 Å². The Kier molecular flexibility index (Phi) is 4.74. The van der Waals surface area contributed by atoms with E-state index in [0.717, 1.165) is 0 Å². The van der Waals surface area contributed by atoms with Gasteiger partial charge in [0, 0.05) is 11.1 Å². The highest BCUT2D eigenvalue weighted by molar-refractivity contribution is 5.99. The second kappa shape index (κ2) is 6.08. The Morgan fingerprint density at radius 3 is 2.58 bits per heavy atom. The minimum Gasteiger partial charge on any atom is -0.508 e. The molecule has 0 saturated heterocycles. The van der Waals surface area contributed by atoms with Crippen molar-refractivity contribution in [3.63, 3.8) is 0 Å². The summed E-state index contributed by atoms with van der Waals surface area (Å²) in [5, 5.41) is 23.9. The smallest absolute Gasteiger partial charge is 0.252 e. The third-order valence-electron chi connectivity index (χ3n) is 2.94. The molecule has 0 aliphatic rings. The molecule has 6 heteroatoms. The van der Waals surface area contributed by atoms with E-state index < -0.39 is 6.04 Å². The van der Waals surface area contributed by atoms with E-state index in [-0.39, 0.29) is 23.4 Å². The van der Waals surface area contributed by atoms with E-state index >= 15 is 0 Å². The molecule has 5 N–H and O–H groups in total. The minimum atomic E-state index is -0.570. The van der Waals surface area contributed by atoms with Gasteiger partial charge in [0.2, 0.25) is 0 Å². The predicted molar refractivity (Wildman–Crippen MR) is 72.3 cm³/mol. The molecule has 1 aromatic rings. The van der Waals surface area contributed by atoms with Crippen molar-refractivity contribution in [1.29, 1.82) is 0 Å². The Bertz CT molecular complexity index is 498. The van der Waals surface area contributed by atoms with Crippen LogP contribution in [0.5, 0.6) is 5.75 Å². The standard InChI is InChI=1S/C13H19N3O3/c1-7(2)11(12(14)16-19)15-13(18)9-5-4-6-10(17)8(9)3/h4-7,11,17,19H,1-3H3,(H2,14,16)(H,15,18). The van der Waals surface area contributed by atoms with Crippen LogP contribution in [0.3, 0.4) is 0 Å². The van der Waals surface area contributed by atoms with E-state index in [1.54, 1.807) is 19.1 Å². The van der Waals surface area contributed by atoms with Crippen molar-refractivity contribution in [2.45, 2.75) is 26.8 Å². The summed E-state index contributed by atoms with van der Waals surface area (Å²) in [7, 11) is 0. The fourth-order valence-electron chi connectivity index (χ4n) is 1.73. The number of carbonyl (C=O) groups excluding carboxylic acids is 1. The van der Waals surface area contributed by atoms with Gasteiger partial charge in [0.1, 0.15) is 5.75 Å². The first-order chi connectivity index (χ1) is 8.88. The van der Waals surface area contributed by atoms with Crippen molar-refractivity contribution in [2.75, 3.05) is 0 Å². The summed E-state index contributed by atoms with van der Waals surface area (Å²) in [6.45, 7) is 5.34. The van der Waals surface area contributed by atoms with Gasteiger partial charge in [-0.1, -0.05) is 25.1 Å². The van der Waals surface area contributed by atoms with Gasteiger partial charge in [-0.2, -0.15) is 0 Å². The zero-order valence-electron chi connectivity index (χ0n) is 11.2. The molecule has 1 rings (SSSR count). The van der Waals surface area contributed by atoms with Gasteiger partial charge in [-0.25, -0.2) is 0 Å². The summed E-state index contributed by atoms with van der Waals surface area (Å²) in [6, 6.07) is 4.13. The van der Waals surface area contributed by atoms with Crippen LogP contribution in [0.15, 0.2) is 23.4 Å². The highest BCUT2D eigenvalue weighted by atomic mass is 16.4. The highest BCUT2D eigenvalue weighted by Gasteiger charge is 2.22. The monoisotopic (exact) mass is 265 g/mol. The number of amidine groups is 1. The zero-order chi connectivity index (χ0) is 14.6. The van der Waals surface area contributed by atoms with Crippen molar-refractivity contribution in [3.8, 4) is 5.75 Å². The van der Waals surface area contributed by atoms with E-state index in [1.165, 1.54) is 6.07 Å². The van der Waals surface area contributed by atoms with Crippen LogP contribution in [-0.2, 0) is 0 Å². The second-order valence-corrected chi connectivity index (χ2v) is 4.67. The lowest BCUT2D eigenvalue weighted by Gasteiger charge is -2.21. The van der Waals surface area contributed by atoms with Gasteiger partial charge >= 0.3 is 0 Å². The number of nitrogens with two attached hydrogens (primary N) is 1. The largest absolute Gasteiger partial charge is 0.508 e. The number of carbonyl (C=O) groups is 1. The van der Waals surface area contributed by atoms with E-state index in [1.807, 2.05) is 13.8 Å². The lowest BCUT2D eigenvalue weighted by atomic mass is 10.0. The topological polar surface area (TPSA) is 108 Å². The van der Waals surface area contributed by atoms with Crippen LogP contribution in [0.25, 0.3) is 0 Å². The second-order valence-electron chi connectivity index (χ2n) is 4.67. The number of phenols is 1. The average molecular weight is 265 g/mol. The summed E-state index contributed by atoms with van der Waals surface area (Å²) in [6.07, 6.45) is 0. The molecule has 1 unspecified atom stereocenters. The Hall–Kier alpha value is -2.24. The number of nitrogens with zero attached hydrogens (tertiary/aromatic N) is 1. The first kappa shape index (κ1) is 14.8. The molecule has 1 aromatic carbocycles. The fraction of sp³-hybridized carbons (Fsp3) is 0.385. The third kappa shape index (κ3) is 3.37. The van der Waals surface area contributed by atoms with Crippen LogP contribution in [0.4, 0.5) is 0 Å². The normalized spacial score (nSPS) is 13.4. The Morgan fingerprint density at radius 2 is 2.05 bits per heavy atom. The van der Waals surface area contributed by atoms with Gasteiger partial charge in [-0.05, 0) is 25.0 Å². The van der Waals surface area contributed by atoms with Crippen molar-refractivity contribution in [3.05, 3.63) is 29.3 Å². The van der Waals surface area contributed by atoms with E-state index in [4.69, 9.17) is 10.9 Å². The number of amides is 1. The molecule has 0 bridgehead atoms. The summed E-state index contributed by atoms with van der Waals surface area (Å²) in [5.74, 6) is -0.408. The lowest BCUT2D eigenvalue weighted by Crippen LogP contribution is -2.48. The Morgan fingerprint density at radius 1 is 1.42 bits per heavy atom. The van der Waals surface area contributed by atoms with Crippen molar-refractivity contribution < 1.29 is 15.1 Å². The molecule has 19 heavy (non-hydrogen) atoms. The molecule has 1 atom stereocenters. The quantitative estimate of drug-likeness (QED) is 0.284. The molecule has 0 aromatic heterocycles. The fourth-order valence-corrected chi connectivity index (χ4v) is 1.73. The van der Waals surface area contributed by atoms with Gasteiger partial charge < -0.3 is 21.4 Å². The summed E-state index contributed by atoms with van der Waals surface area (Å²) in [5.41, 5.74) is 6.39. The summed E-state index contributed by atoms with van der Waals surface area (Å²) < 4.78 is 0. The number of hydrogen-bond acceptors (Lipinski definition) is 4. The third-order valence-corrected chi connectivity index (χ3v) is 2.94. The number of phenolic OH excluding ortho intramolecular Hbond substituents is 1. The minimum absolute atomic E-state index is 0.0301. The molecule has 6 nitrogen and oxygen atoms in total. The van der Waals surface area contributed by atoms with Gasteiger partial charge in [0.25, 0.3) is 5.91 Å². The van der Waals surface area contributed by atoms with Crippen LogP contribution in [0.2, 0.25) is 0 Å². The SMILES string of the molecule is Cc1c(O)cccc1C(=O)NC(/C(N)=N/O)C(C)C. The van der Waals surface area contributed by atoms with Crippen LogP contribution in [-0.4, -0.2) is 28.1 Å². The molecule has 0 aliphatic carbocycles. The van der Waals surface area contributed by atoms with Gasteiger partial charge in [-0.3, -0.25) is 4.79 Å². The van der Waals surface area contributed by atoms with Crippen LogP contribution >= 0.6 is 0 Å². The number of benzene rings is 1. The molecule has 0 saturated carbocycles. The van der Waals surface area contributed by atoms with E-state index in [9.17, 15) is 9.90 Å². The molecule has 0 aliphatic heterocycles. The first-order valence-corrected chi connectivity index (χ1v) is 5.95. The molecular weight excluding hydrogens is 246 g/mol. The number of aromatic hydroxyl groups is 1. The molecule has 0 fully saturated rings. The van der Waals surface area contributed by atoms with Crippen LogP contribution in [0, 0.1) is 12.8 Å². The van der Waals surface area contributed by atoms with Crippen LogP contribution < -0.4 is 11.1 Å². The maximum absolute atomic E-state index is 12.1. The van der Waals surface area contributed by atoms with Crippen molar-refractivity contribution in [1.82, 2.24) is 5.32 Å². The number of nitrogens with one attached hydrogen (secondary N) is 1. The number of hydrogen-bond donors (Lipinski definition) is 4. The summed E-state index contributed by atoms with van der Waals surface area (Å²) >= 11 is 0. The van der Waals surface area contributed by atoms with E-state index in [0.29, 0.717) is 11.1 Å². The molecular formula is C13H19N3O3. The molecule has 0 heterocycles. The van der Waals surface area contributed by atoms with Gasteiger partial charge in [-0.15, -0.1) is 0 Å². The predicted octanol–water partition coefficient (Wildman–Crippen LogP) is 1.20. The van der Waals surface area contributed by atoms with E-state index in [2.05, 4.69) is 10.5 Å². The summed E-state index contributed by atoms with van der Waals surface area (Å²) in [4.78, 5) is 12.1. The Labute approximate surface area is 111 Å².